The molecule has 15 heavy (non-hydrogen) atoms. The van der Waals surface area contributed by atoms with E-state index in [4.69, 9.17) is 0 Å². The maximum Gasteiger partial charge on any atom is 0.283 e. The van der Waals surface area contributed by atoms with Gasteiger partial charge in [-0.05, 0) is 32.8 Å². The van der Waals surface area contributed by atoms with E-state index in [9.17, 15) is 10.1 Å². The van der Waals surface area contributed by atoms with Crippen LogP contribution in [0.1, 0.15) is 19.4 Å². The molecule has 82 valence electrons. The third kappa shape index (κ3) is 3.83. The first-order valence-electron chi connectivity index (χ1n) is 4.55. The van der Waals surface area contributed by atoms with Crippen molar-refractivity contribution < 1.29 is 4.92 Å². The van der Waals surface area contributed by atoms with Crippen LogP contribution in [0.4, 0.5) is 5.69 Å². The monoisotopic (exact) mass is 289 g/mol. The largest absolute Gasteiger partial charge is 0.283 e. The number of nitrogens with zero attached hydrogens (tertiary/aromatic N) is 1. The van der Waals surface area contributed by atoms with Crippen LogP contribution in [-0.2, 0) is 5.75 Å². The minimum Gasteiger partial charge on any atom is -0.258 e. The minimum atomic E-state index is -0.367. The van der Waals surface area contributed by atoms with E-state index >= 15 is 0 Å². The number of nitro groups is 1. The quantitative estimate of drug-likeness (QED) is 0.622. The number of thioether (sulfide) groups is 1. The lowest BCUT2D eigenvalue weighted by atomic mass is 10.2. The highest BCUT2D eigenvalue weighted by molar-refractivity contribution is 9.10. The molecule has 0 aliphatic rings. The molecule has 0 amide bonds. The molecule has 0 radical (unpaired) electrons. The fourth-order valence-corrected chi connectivity index (χ4v) is 2.15. The molecule has 0 unspecified atom stereocenters. The van der Waals surface area contributed by atoms with Crippen molar-refractivity contribution in [1.29, 1.82) is 0 Å². The fraction of sp³-hybridized carbons (Fsp3) is 0.400. The first kappa shape index (κ1) is 12.5. The van der Waals surface area contributed by atoms with Crippen LogP contribution in [-0.4, -0.2) is 10.2 Å². The molecule has 0 bridgehead atoms. The molecule has 5 heteroatoms. The van der Waals surface area contributed by atoms with Gasteiger partial charge in [0.2, 0.25) is 0 Å². The summed E-state index contributed by atoms with van der Waals surface area (Å²) in [5, 5.41) is 11.2. The zero-order chi connectivity index (χ0) is 11.4. The van der Waals surface area contributed by atoms with Crippen LogP contribution in [0.25, 0.3) is 0 Å². The Kier molecular flexibility index (Phi) is 4.60. The van der Waals surface area contributed by atoms with Gasteiger partial charge in [-0.15, -0.1) is 0 Å². The molecule has 0 aliphatic carbocycles. The molecular weight excluding hydrogens is 278 g/mol. The van der Waals surface area contributed by atoms with Crippen LogP contribution in [0.3, 0.4) is 0 Å². The van der Waals surface area contributed by atoms with E-state index < -0.39 is 0 Å². The fourth-order valence-electron chi connectivity index (χ4n) is 1.05. The van der Waals surface area contributed by atoms with Gasteiger partial charge in [0, 0.05) is 11.8 Å². The SMILES string of the molecule is CC(C)SCc1ccc(Br)c([N+](=O)[O-])c1. The van der Waals surface area contributed by atoms with Gasteiger partial charge in [0.05, 0.1) is 9.40 Å². The summed E-state index contributed by atoms with van der Waals surface area (Å²) in [6.45, 7) is 4.22. The molecule has 1 aromatic carbocycles. The Hall–Kier alpha value is -0.550. The molecule has 1 rings (SSSR count). The van der Waals surface area contributed by atoms with Gasteiger partial charge in [0.1, 0.15) is 0 Å². The summed E-state index contributed by atoms with van der Waals surface area (Å²) < 4.78 is 0.533. The van der Waals surface area contributed by atoms with Crippen molar-refractivity contribution in [3.63, 3.8) is 0 Å². The first-order valence-corrected chi connectivity index (χ1v) is 6.39. The van der Waals surface area contributed by atoms with Crippen LogP contribution in [0.2, 0.25) is 0 Å². The van der Waals surface area contributed by atoms with Gasteiger partial charge in [-0.25, -0.2) is 0 Å². The van der Waals surface area contributed by atoms with Crippen molar-refractivity contribution in [1.82, 2.24) is 0 Å². The van der Waals surface area contributed by atoms with Crippen molar-refractivity contribution in [3.05, 3.63) is 38.3 Å². The van der Waals surface area contributed by atoms with Crippen LogP contribution in [0.15, 0.2) is 22.7 Å². The van der Waals surface area contributed by atoms with Gasteiger partial charge < -0.3 is 0 Å². The third-order valence-electron chi connectivity index (χ3n) is 1.79. The number of rotatable bonds is 4. The van der Waals surface area contributed by atoms with E-state index in [-0.39, 0.29) is 10.6 Å². The van der Waals surface area contributed by atoms with Crippen molar-refractivity contribution in [2.75, 3.05) is 0 Å². The molecule has 0 fully saturated rings. The van der Waals surface area contributed by atoms with Crippen LogP contribution >= 0.6 is 27.7 Å². The molecule has 0 saturated carbocycles. The summed E-state index contributed by atoms with van der Waals surface area (Å²) in [6, 6.07) is 5.26. The first-order chi connectivity index (χ1) is 7.00. The Balaban J connectivity index is 2.83. The van der Waals surface area contributed by atoms with Gasteiger partial charge >= 0.3 is 0 Å². The average molecular weight is 290 g/mol. The van der Waals surface area contributed by atoms with Gasteiger partial charge in [0.25, 0.3) is 5.69 Å². The second kappa shape index (κ2) is 5.51. The molecule has 0 aliphatic heterocycles. The average Bonchev–Trinajstić information content (AvgIpc) is 2.16. The Morgan fingerprint density at radius 3 is 2.73 bits per heavy atom. The molecule has 0 heterocycles. The van der Waals surface area contributed by atoms with Crippen molar-refractivity contribution >= 4 is 33.4 Å². The topological polar surface area (TPSA) is 43.1 Å². The Bertz CT molecular complexity index is 368. The maximum absolute atomic E-state index is 10.7. The predicted octanol–water partition coefficient (Wildman–Crippen LogP) is 4.00. The van der Waals surface area contributed by atoms with Crippen LogP contribution < -0.4 is 0 Å². The molecule has 0 N–H and O–H groups in total. The van der Waals surface area contributed by atoms with Crippen molar-refractivity contribution in [2.24, 2.45) is 0 Å². The highest BCUT2D eigenvalue weighted by Crippen LogP contribution is 2.27. The van der Waals surface area contributed by atoms with Gasteiger partial charge in [-0.1, -0.05) is 19.9 Å². The Morgan fingerprint density at radius 2 is 2.20 bits per heavy atom. The molecule has 0 aromatic heterocycles. The van der Waals surface area contributed by atoms with E-state index in [1.807, 2.05) is 6.07 Å². The number of benzene rings is 1. The van der Waals surface area contributed by atoms with E-state index in [1.165, 1.54) is 0 Å². The summed E-state index contributed by atoms with van der Waals surface area (Å²) in [7, 11) is 0. The Labute approximate surface area is 102 Å². The maximum atomic E-state index is 10.7. The normalized spacial score (nSPS) is 10.7. The lowest BCUT2D eigenvalue weighted by Gasteiger charge is -2.05. The molecular formula is C10H12BrNO2S. The van der Waals surface area contributed by atoms with E-state index in [0.29, 0.717) is 9.72 Å². The number of nitro benzene ring substituents is 1. The van der Waals surface area contributed by atoms with Gasteiger partial charge in [-0.2, -0.15) is 11.8 Å². The summed E-state index contributed by atoms with van der Waals surface area (Å²) in [4.78, 5) is 10.3. The summed E-state index contributed by atoms with van der Waals surface area (Å²) >= 11 is 4.94. The molecule has 0 spiro atoms. The number of hydrogen-bond donors (Lipinski definition) is 0. The lowest BCUT2D eigenvalue weighted by molar-refractivity contribution is -0.385. The highest BCUT2D eigenvalue weighted by atomic mass is 79.9. The standard InChI is InChI=1S/C10H12BrNO2S/c1-7(2)15-6-8-3-4-9(11)10(5-8)12(13)14/h3-5,7H,6H2,1-2H3. The van der Waals surface area contributed by atoms with Crippen LogP contribution in [0.5, 0.6) is 0 Å². The molecule has 0 saturated heterocycles. The second-order valence-corrected chi connectivity index (χ2v) is 5.82. The zero-order valence-electron chi connectivity index (χ0n) is 8.57. The smallest absolute Gasteiger partial charge is 0.258 e. The molecule has 1 aromatic rings. The Morgan fingerprint density at radius 1 is 1.53 bits per heavy atom. The predicted molar refractivity (Wildman–Crippen MR) is 67.2 cm³/mol. The van der Waals surface area contributed by atoms with E-state index in [2.05, 4.69) is 29.8 Å². The summed E-state index contributed by atoms with van der Waals surface area (Å²) in [5.41, 5.74) is 1.13. The second-order valence-electron chi connectivity index (χ2n) is 3.40. The molecule has 3 nitrogen and oxygen atoms in total. The zero-order valence-corrected chi connectivity index (χ0v) is 11.0. The third-order valence-corrected chi connectivity index (χ3v) is 3.63. The number of hydrogen-bond acceptors (Lipinski definition) is 3. The summed E-state index contributed by atoms with van der Waals surface area (Å²) in [6.07, 6.45) is 0. The number of halogens is 1. The highest BCUT2D eigenvalue weighted by Gasteiger charge is 2.12. The lowest BCUT2D eigenvalue weighted by Crippen LogP contribution is -1.93. The van der Waals surface area contributed by atoms with E-state index in [0.717, 1.165) is 11.3 Å². The van der Waals surface area contributed by atoms with Gasteiger partial charge in [0.15, 0.2) is 0 Å². The van der Waals surface area contributed by atoms with Crippen molar-refractivity contribution in [3.8, 4) is 0 Å². The van der Waals surface area contributed by atoms with Crippen LogP contribution in [0, 0.1) is 10.1 Å². The minimum absolute atomic E-state index is 0.136. The van der Waals surface area contributed by atoms with E-state index in [1.54, 1.807) is 23.9 Å². The van der Waals surface area contributed by atoms with Crippen molar-refractivity contribution in [2.45, 2.75) is 24.9 Å². The summed E-state index contributed by atoms with van der Waals surface area (Å²) in [5.74, 6) is 0.811. The molecule has 0 atom stereocenters. The van der Waals surface area contributed by atoms with Gasteiger partial charge in [-0.3, -0.25) is 10.1 Å².